The minimum atomic E-state index is -0.0781. The number of hydrogen-bond acceptors (Lipinski definition) is 6. The molecule has 0 radical (unpaired) electrons. The van der Waals surface area contributed by atoms with E-state index in [4.69, 9.17) is 16.3 Å². The molecule has 3 rings (SSSR count). The lowest BCUT2D eigenvalue weighted by Gasteiger charge is -2.17. The van der Waals surface area contributed by atoms with Crippen LogP contribution in [0.2, 0.25) is 5.02 Å². The van der Waals surface area contributed by atoms with Crippen molar-refractivity contribution in [3.8, 4) is 5.75 Å². The van der Waals surface area contributed by atoms with E-state index in [1.165, 1.54) is 11.5 Å². The third-order valence-corrected chi connectivity index (χ3v) is 5.66. The number of nitrogens with one attached hydrogen (secondary N) is 2. The normalized spacial score (nSPS) is 11.7. The molecule has 2 N–H and O–H groups in total. The Bertz CT molecular complexity index is 945. The maximum absolute atomic E-state index is 12.4. The van der Waals surface area contributed by atoms with Crippen LogP contribution in [0.25, 0.3) is 0 Å². The topological polar surface area (TPSA) is 76.1 Å². The average Bonchev–Trinajstić information content (AvgIpc) is 3.21. The predicted molar refractivity (Wildman–Crippen MR) is 122 cm³/mol. The molecule has 0 aliphatic rings. The van der Waals surface area contributed by atoms with Crippen molar-refractivity contribution in [2.75, 3.05) is 19.0 Å². The van der Waals surface area contributed by atoms with E-state index in [1.54, 1.807) is 31.4 Å². The molecule has 0 spiro atoms. The molecule has 1 atom stereocenters. The van der Waals surface area contributed by atoms with E-state index in [1.807, 2.05) is 24.3 Å². The quantitative estimate of drug-likeness (QED) is 0.469. The van der Waals surface area contributed by atoms with Crippen molar-refractivity contribution in [3.63, 3.8) is 0 Å². The maximum Gasteiger partial charge on any atom is 0.251 e. The summed E-state index contributed by atoms with van der Waals surface area (Å²) in [6.07, 6.45) is 2.32. The number of hydrogen-bond donors (Lipinski definition) is 2. The fourth-order valence-corrected chi connectivity index (χ4v) is 3.66. The summed E-state index contributed by atoms with van der Waals surface area (Å²) in [5, 5.41) is 7.90. The zero-order valence-corrected chi connectivity index (χ0v) is 18.6. The van der Waals surface area contributed by atoms with Gasteiger partial charge in [-0.1, -0.05) is 30.7 Å². The van der Waals surface area contributed by atoms with Gasteiger partial charge >= 0.3 is 0 Å². The molecule has 2 aromatic carbocycles. The van der Waals surface area contributed by atoms with Gasteiger partial charge in [-0.15, -0.1) is 0 Å². The molecule has 1 aromatic heterocycles. The number of carbonyl (C=O) groups excluding carboxylic acids is 1. The second kappa shape index (κ2) is 10.9. The molecule has 0 aliphatic heterocycles. The second-order valence-electron chi connectivity index (χ2n) is 6.84. The van der Waals surface area contributed by atoms with Crippen LogP contribution in [-0.4, -0.2) is 35.0 Å². The first kappa shape index (κ1) is 22.1. The van der Waals surface area contributed by atoms with Crippen LogP contribution in [-0.2, 0) is 6.42 Å². The van der Waals surface area contributed by atoms with Crippen molar-refractivity contribution in [3.05, 3.63) is 70.5 Å². The largest absolute Gasteiger partial charge is 0.497 e. The average molecular weight is 445 g/mol. The first-order valence-corrected chi connectivity index (χ1v) is 11.0. The van der Waals surface area contributed by atoms with Crippen molar-refractivity contribution in [2.45, 2.75) is 32.2 Å². The van der Waals surface area contributed by atoms with Gasteiger partial charge in [0.15, 0.2) is 0 Å². The summed E-state index contributed by atoms with van der Waals surface area (Å²) >= 11 is 7.27. The number of rotatable bonds is 10. The van der Waals surface area contributed by atoms with E-state index >= 15 is 0 Å². The zero-order valence-electron chi connectivity index (χ0n) is 17.0. The number of carbonyl (C=O) groups is 1. The van der Waals surface area contributed by atoms with Crippen LogP contribution in [0, 0.1) is 0 Å². The van der Waals surface area contributed by atoms with Crippen molar-refractivity contribution in [1.29, 1.82) is 0 Å². The molecule has 0 bridgehead atoms. The summed E-state index contributed by atoms with van der Waals surface area (Å²) in [6.45, 7) is 2.77. The molecular formula is C22H25ClN4O2S. The minimum Gasteiger partial charge on any atom is -0.497 e. The van der Waals surface area contributed by atoms with Crippen molar-refractivity contribution in [2.24, 2.45) is 0 Å². The highest BCUT2D eigenvalue weighted by atomic mass is 35.5. The van der Waals surface area contributed by atoms with Gasteiger partial charge in [0, 0.05) is 41.1 Å². The molecule has 3 aromatic rings. The predicted octanol–water partition coefficient (Wildman–Crippen LogP) is 4.80. The summed E-state index contributed by atoms with van der Waals surface area (Å²) in [5.74, 6) is 1.44. The Labute approximate surface area is 185 Å². The summed E-state index contributed by atoms with van der Waals surface area (Å²) in [7, 11) is 1.60. The van der Waals surface area contributed by atoms with E-state index in [9.17, 15) is 4.79 Å². The fraction of sp³-hybridized carbons (Fsp3) is 0.318. The molecule has 30 heavy (non-hydrogen) atoms. The van der Waals surface area contributed by atoms with Gasteiger partial charge in [-0.2, -0.15) is 4.37 Å². The zero-order chi connectivity index (χ0) is 21.3. The molecule has 1 amide bonds. The SMILES string of the molecule is CCC(CCNc1nc(Cc2ccc(Cl)cc2)ns1)NC(=O)c1ccc(OC)cc1. The Morgan fingerprint density at radius 2 is 1.90 bits per heavy atom. The summed E-state index contributed by atoms with van der Waals surface area (Å²) in [5.41, 5.74) is 1.74. The molecule has 6 nitrogen and oxygen atoms in total. The molecule has 158 valence electrons. The third-order valence-electron chi connectivity index (χ3n) is 4.69. The van der Waals surface area contributed by atoms with Gasteiger partial charge in [0.1, 0.15) is 11.6 Å². The molecule has 0 saturated carbocycles. The molecule has 1 heterocycles. The van der Waals surface area contributed by atoms with Gasteiger partial charge < -0.3 is 15.4 Å². The third kappa shape index (κ3) is 6.43. The molecule has 8 heteroatoms. The van der Waals surface area contributed by atoms with Gasteiger partial charge in [0.25, 0.3) is 5.91 Å². The number of amides is 1. The van der Waals surface area contributed by atoms with Crippen molar-refractivity contribution in [1.82, 2.24) is 14.7 Å². The lowest BCUT2D eigenvalue weighted by molar-refractivity contribution is 0.0934. The number of nitrogens with zero attached hydrogens (tertiary/aromatic N) is 2. The molecule has 0 fully saturated rings. The van der Waals surface area contributed by atoms with Gasteiger partial charge in [-0.25, -0.2) is 4.98 Å². The fourth-order valence-electron chi connectivity index (χ4n) is 2.93. The van der Waals surface area contributed by atoms with E-state index in [2.05, 4.69) is 26.9 Å². The van der Waals surface area contributed by atoms with Crippen LogP contribution in [0.4, 0.5) is 5.13 Å². The monoisotopic (exact) mass is 444 g/mol. The first-order chi connectivity index (χ1) is 14.6. The Hall–Kier alpha value is -2.64. The minimum absolute atomic E-state index is 0.0774. The maximum atomic E-state index is 12.4. The molecule has 1 unspecified atom stereocenters. The Morgan fingerprint density at radius 1 is 1.17 bits per heavy atom. The second-order valence-corrected chi connectivity index (χ2v) is 8.03. The van der Waals surface area contributed by atoms with Crippen LogP contribution >= 0.6 is 23.1 Å². The van der Waals surface area contributed by atoms with E-state index in [0.717, 1.165) is 40.1 Å². The number of aromatic nitrogens is 2. The van der Waals surface area contributed by atoms with Crippen LogP contribution in [0.1, 0.15) is 41.5 Å². The lowest BCUT2D eigenvalue weighted by atomic mass is 10.1. The lowest BCUT2D eigenvalue weighted by Crippen LogP contribution is -2.35. The Morgan fingerprint density at radius 3 is 2.57 bits per heavy atom. The van der Waals surface area contributed by atoms with Crippen LogP contribution < -0.4 is 15.4 Å². The van der Waals surface area contributed by atoms with Gasteiger partial charge in [0.2, 0.25) is 5.13 Å². The number of methoxy groups -OCH3 is 1. The smallest absolute Gasteiger partial charge is 0.251 e. The van der Waals surface area contributed by atoms with Crippen LogP contribution in [0.5, 0.6) is 5.75 Å². The molecule has 0 saturated heterocycles. The van der Waals surface area contributed by atoms with Crippen molar-refractivity contribution < 1.29 is 9.53 Å². The van der Waals surface area contributed by atoms with E-state index < -0.39 is 0 Å². The highest BCUT2D eigenvalue weighted by molar-refractivity contribution is 7.09. The Kier molecular flexibility index (Phi) is 8.04. The Balaban J connectivity index is 1.45. The highest BCUT2D eigenvalue weighted by Gasteiger charge is 2.13. The van der Waals surface area contributed by atoms with Gasteiger partial charge in [-0.3, -0.25) is 4.79 Å². The highest BCUT2D eigenvalue weighted by Crippen LogP contribution is 2.16. The standard InChI is InChI=1S/C22H25ClN4O2S/c1-3-18(25-21(28)16-6-10-19(29-2)11-7-16)12-13-24-22-26-20(27-30-22)14-15-4-8-17(23)9-5-15/h4-11,18H,3,12-14H2,1-2H3,(H,25,28)(H,24,26,27). The number of ether oxygens (including phenoxy) is 1. The van der Waals surface area contributed by atoms with Gasteiger partial charge in [0.05, 0.1) is 7.11 Å². The molecular weight excluding hydrogens is 420 g/mol. The van der Waals surface area contributed by atoms with E-state index in [-0.39, 0.29) is 11.9 Å². The van der Waals surface area contributed by atoms with Crippen LogP contribution in [0.3, 0.4) is 0 Å². The summed E-state index contributed by atoms with van der Waals surface area (Å²) in [6, 6.07) is 14.9. The summed E-state index contributed by atoms with van der Waals surface area (Å²) in [4.78, 5) is 17.0. The first-order valence-electron chi connectivity index (χ1n) is 9.83. The number of anilines is 1. The number of benzene rings is 2. The van der Waals surface area contributed by atoms with E-state index in [0.29, 0.717) is 18.5 Å². The molecule has 0 aliphatic carbocycles. The van der Waals surface area contributed by atoms with Crippen LogP contribution in [0.15, 0.2) is 48.5 Å². The van der Waals surface area contributed by atoms with Crippen molar-refractivity contribution >= 4 is 34.2 Å². The summed E-state index contributed by atoms with van der Waals surface area (Å²) < 4.78 is 9.54. The number of halogens is 1. The van der Waals surface area contributed by atoms with Gasteiger partial charge in [-0.05, 0) is 54.8 Å².